The molecule has 1 atom stereocenters. The molecular formula is C14H21NO. The first-order valence-electron chi connectivity index (χ1n) is 6.11. The molecule has 1 amide bonds. The number of hydrogen-bond donors (Lipinski definition) is 1. The van der Waals surface area contributed by atoms with Crippen LogP contribution >= 0.6 is 0 Å². The van der Waals surface area contributed by atoms with Crippen LogP contribution in [0.1, 0.15) is 43.5 Å². The molecule has 0 spiro atoms. The molecule has 1 rings (SSSR count). The fraction of sp³-hybridized carbons (Fsp3) is 0.500. The molecule has 0 saturated carbocycles. The first kappa shape index (κ1) is 12.8. The van der Waals surface area contributed by atoms with E-state index in [9.17, 15) is 4.79 Å². The molecule has 88 valence electrons. The van der Waals surface area contributed by atoms with Crippen molar-refractivity contribution in [3.05, 3.63) is 35.9 Å². The molecule has 2 heteroatoms. The van der Waals surface area contributed by atoms with Gasteiger partial charge in [0.15, 0.2) is 0 Å². The molecule has 0 fully saturated rings. The number of amides is 1. The van der Waals surface area contributed by atoms with E-state index in [-0.39, 0.29) is 5.91 Å². The summed E-state index contributed by atoms with van der Waals surface area (Å²) in [5.41, 5.74) is 0.744. The first-order valence-corrected chi connectivity index (χ1v) is 6.11. The highest BCUT2D eigenvalue weighted by Gasteiger charge is 2.08. The minimum absolute atomic E-state index is 0.0372. The molecule has 0 heterocycles. The molecule has 0 aliphatic carbocycles. The predicted molar refractivity (Wildman–Crippen MR) is 67.5 cm³/mol. The lowest BCUT2D eigenvalue weighted by molar-refractivity contribution is 0.0946. The summed E-state index contributed by atoms with van der Waals surface area (Å²) in [4.78, 5) is 11.8. The van der Waals surface area contributed by atoms with Crippen LogP contribution in [0.15, 0.2) is 30.3 Å². The molecule has 0 aliphatic rings. The molecule has 1 aromatic carbocycles. The fourth-order valence-electron chi connectivity index (χ4n) is 1.79. The molecule has 1 unspecified atom stereocenters. The van der Waals surface area contributed by atoms with Crippen LogP contribution in [0.5, 0.6) is 0 Å². The average Bonchev–Trinajstić information content (AvgIpc) is 2.35. The monoisotopic (exact) mass is 219 g/mol. The van der Waals surface area contributed by atoms with Gasteiger partial charge >= 0.3 is 0 Å². The molecule has 1 N–H and O–H groups in total. The van der Waals surface area contributed by atoms with Crippen LogP contribution in [-0.2, 0) is 0 Å². The van der Waals surface area contributed by atoms with Crippen molar-refractivity contribution in [1.82, 2.24) is 5.32 Å². The van der Waals surface area contributed by atoms with E-state index in [2.05, 4.69) is 19.2 Å². The summed E-state index contributed by atoms with van der Waals surface area (Å²) in [7, 11) is 0. The summed E-state index contributed by atoms with van der Waals surface area (Å²) >= 11 is 0. The van der Waals surface area contributed by atoms with Crippen LogP contribution in [-0.4, -0.2) is 12.5 Å². The summed E-state index contributed by atoms with van der Waals surface area (Å²) < 4.78 is 0. The second-order valence-electron chi connectivity index (χ2n) is 4.14. The fourth-order valence-corrected chi connectivity index (χ4v) is 1.79. The minimum atomic E-state index is 0.0372. The number of benzene rings is 1. The molecule has 0 aliphatic heterocycles. The van der Waals surface area contributed by atoms with Crippen molar-refractivity contribution in [1.29, 1.82) is 0 Å². The number of carbonyl (C=O) groups excluding carboxylic acids is 1. The second-order valence-corrected chi connectivity index (χ2v) is 4.14. The van der Waals surface area contributed by atoms with Gasteiger partial charge in [0.25, 0.3) is 5.91 Å². The van der Waals surface area contributed by atoms with Crippen LogP contribution in [0.25, 0.3) is 0 Å². The molecule has 1 aromatic rings. The van der Waals surface area contributed by atoms with E-state index in [1.165, 1.54) is 12.8 Å². The SMILES string of the molecule is CCCC(CC)CNC(=O)c1ccccc1. The van der Waals surface area contributed by atoms with E-state index in [0.29, 0.717) is 5.92 Å². The Kier molecular flexibility index (Phi) is 5.62. The highest BCUT2D eigenvalue weighted by atomic mass is 16.1. The Morgan fingerprint density at radius 3 is 2.50 bits per heavy atom. The Morgan fingerprint density at radius 1 is 1.25 bits per heavy atom. The Bertz CT molecular complexity index is 308. The highest BCUT2D eigenvalue weighted by molar-refractivity contribution is 5.94. The van der Waals surface area contributed by atoms with E-state index >= 15 is 0 Å². The number of rotatable bonds is 6. The summed E-state index contributed by atoms with van der Waals surface area (Å²) in [6.45, 7) is 5.15. The zero-order valence-electron chi connectivity index (χ0n) is 10.2. The van der Waals surface area contributed by atoms with Gasteiger partial charge in [-0.2, -0.15) is 0 Å². The maximum absolute atomic E-state index is 11.8. The molecule has 0 radical (unpaired) electrons. The normalized spacial score (nSPS) is 12.1. The molecule has 0 saturated heterocycles. The van der Waals surface area contributed by atoms with E-state index in [4.69, 9.17) is 0 Å². The summed E-state index contributed by atoms with van der Waals surface area (Å²) in [5.74, 6) is 0.646. The lowest BCUT2D eigenvalue weighted by Gasteiger charge is -2.14. The zero-order chi connectivity index (χ0) is 11.8. The quantitative estimate of drug-likeness (QED) is 0.782. The van der Waals surface area contributed by atoms with Crippen LogP contribution in [0.2, 0.25) is 0 Å². The predicted octanol–water partition coefficient (Wildman–Crippen LogP) is 3.24. The maximum atomic E-state index is 11.8. The number of nitrogens with one attached hydrogen (secondary N) is 1. The largest absolute Gasteiger partial charge is 0.352 e. The third kappa shape index (κ3) is 4.05. The van der Waals surface area contributed by atoms with Crippen LogP contribution in [0.4, 0.5) is 0 Å². The highest BCUT2D eigenvalue weighted by Crippen LogP contribution is 2.09. The van der Waals surface area contributed by atoms with Gasteiger partial charge in [-0.05, 0) is 24.5 Å². The molecular weight excluding hydrogens is 198 g/mol. The van der Waals surface area contributed by atoms with Gasteiger partial charge in [0.2, 0.25) is 0 Å². The average molecular weight is 219 g/mol. The van der Waals surface area contributed by atoms with Gasteiger partial charge < -0.3 is 5.32 Å². The van der Waals surface area contributed by atoms with Gasteiger partial charge in [-0.25, -0.2) is 0 Å². The van der Waals surface area contributed by atoms with Crippen molar-refractivity contribution in [2.75, 3.05) is 6.54 Å². The van der Waals surface area contributed by atoms with Crippen molar-refractivity contribution in [2.45, 2.75) is 33.1 Å². The van der Waals surface area contributed by atoms with E-state index in [1.54, 1.807) is 0 Å². The summed E-state index contributed by atoms with van der Waals surface area (Å²) in [6.07, 6.45) is 3.49. The number of hydrogen-bond acceptors (Lipinski definition) is 1. The maximum Gasteiger partial charge on any atom is 0.251 e. The van der Waals surface area contributed by atoms with Crippen LogP contribution in [0.3, 0.4) is 0 Å². The third-order valence-corrected chi connectivity index (χ3v) is 2.86. The van der Waals surface area contributed by atoms with Gasteiger partial charge in [0, 0.05) is 12.1 Å². The first-order chi connectivity index (χ1) is 7.77. The minimum Gasteiger partial charge on any atom is -0.352 e. The Hall–Kier alpha value is -1.31. The number of carbonyl (C=O) groups is 1. The van der Waals surface area contributed by atoms with Gasteiger partial charge in [-0.1, -0.05) is 44.9 Å². The van der Waals surface area contributed by atoms with E-state index in [1.807, 2.05) is 30.3 Å². The molecule has 0 bridgehead atoms. The van der Waals surface area contributed by atoms with E-state index < -0.39 is 0 Å². The molecule has 2 nitrogen and oxygen atoms in total. The van der Waals surface area contributed by atoms with Crippen molar-refractivity contribution >= 4 is 5.91 Å². The van der Waals surface area contributed by atoms with E-state index in [0.717, 1.165) is 18.5 Å². The van der Waals surface area contributed by atoms with Crippen LogP contribution < -0.4 is 5.32 Å². The van der Waals surface area contributed by atoms with Crippen LogP contribution in [0, 0.1) is 5.92 Å². The van der Waals surface area contributed by atoms with Gasteiger partial charge in [0.1, 0.15) is 0 Å². The van der Waals surface area contributed by atoms with Gasteiger partial charge in [-0.15, -0.1) is 0 Å². The Labute approximate surface area is 98.1 Å². The molecule has 0 aromatic heterocycles. The molecule has 16 heavy (non-hydrogen) atoms. The smallest absolute Gasteiger partial charge is 0.251 e. The third-order valence-electron chi connectivity index (χ3n) is 2.86. The van der Waals surface area contributed by atoms with Gasteiger partial charge in [0.05, 0.1) is 0 Å². The zero-order valence-corrected chi connectivity index (χ0v) is 10.2. The Morgan fingerprint density at radius 2 is 1.94 bits per heavy atom. The topological polar surface area (TPSA) is 29.1 Å². The summed E-state index contributed by atoms with van der Waals surface area (Å²) in [5, 5.41) is 3.00. The lowest BCUT2D eigenvalue weighted by Crippen LogP contribution is -2.29. The van der Waals surface area contributed by atoms with Crippen molar-refractivity contribution in [3.8, 4) is 0 Å². The second kappa shape index (κ2) is 7.04. The Balaban J connectivity index is 2.40. The van der Waals surface area contributed by atoms with Crippen molar-refractivity contribution in [2.24, 2.45) is 5.92 Å². The summed E-state index contributed by atoms with van der Waals surface area (Å²) in [6, 6.07) is 9.38. The van der Waals surface area contributed by atoms with Crippen molar-refractivity contribution < 1.29 is 4.79 Å². The standard InChI is InChI=1S/C14H21NO/c1-3-8-12(4-2)11-15-14(16)13-9-6-5-7-10-13/h5-7,9-10,12H,3-4,8,11H2,1-2H3,(H,15,16). The van der Waals surface area contributed by atoms with Crippen molar-refractivity contribution in [3.63, 3.8) is 0 Å². The van der Waals surface area contributed by atoms with Gasteiger partial charge in [-0.3, -0.25) is 4.79 Å². The lowest BCUT2D eigenvalue weighted by atomic mass is 10.0.